The number of nitrogens with two attached hydrogens (primary N) is 1. The zero-order chi connectivity index (χ0) is 9.14. The summed E-state index contributed by atoms with van der Waals surface area (Å²) < 4.78 is 0. The standard InChI is InChI=1S/C9H10N2O/c1-6(2)8-4-3-7(5-12)9(10)11-8/h3-5H,1H2,2H3,(H2,10,11). The van der Waals surface area contributed by atoms with Crippen LogP contribution in [-0.2, 0) is 0 Å². The van der Waals surface area contributed by atoms with Gasteiger partial charge in [0.2, 0.25) is 0 Å². The van der Waals surface area contributed by atoms with Crippen molar-refractivity contribution < 1.29 is 4.79 Å². The van der Waals surface area contributed by atoms with Crippen LogP contribution in [0.4, 0.5) is 5.82 Å². The van der Waals surface area contributed by atoms with Crippen molar-refractivity contribution in [3.63, 3.8) is 0 Å². The third-order valence-corrected chi connectivity index (χ3v) is 1.52. The number of hydrogen-bond acceptors (Lipinski definition) is 3. The molecule has 1 aromatic rings. The van der Waals surface area contributed by atoms with Gasteiger partial charge >= 0.3 is 0 Å². The first-order valence-electron chi connectivity index (χ1n) is 3.52. The maximum Gasteiger partial charge on any atom is 0.153 e. The molecule has 0 aromatic carbocycles. The normalized spacial score (nSPS) is 9.42. The third kappa shape index (κ3) is 1.50. The zero-order valence-corrected chi connectivity index (χ0v) is 6.87. The second-order valence-electron chi connectivity index (χ2n) is 2.57. The third-order valence-electron chi connectivity index (χ3n) is 1.52. The summed E-state index contributed by atoms with van der Waals surface area (Å²) in [6, 6.07) is 3.36. The molecule has 0 saturated heterocycles. The molecule has 0 amide bonds. The summed E-state index contributed by atoms with van der Waals surface area (Å²) in [5.41, 5.74) is 7.46. The number of nitrogens with zero attached hydrogens (tertiary/aromatic N) is 1. The Morgan fingerprint density at radius 2 is 2.33 bits per heavy atom. The van der Waals surface area contributed by atoms with Crippen LogP contribution in [0, 0.1) is 0 Å². The molecule has 0 aliphatic heterocycles. The van der Waals surface area contributed by atoms with Gasteiger partial charge in [-0.25, -0.2) is 4.98 Å². The Morgan fingerprint density at radius 3 is 2.75 bits per heavy atom. The number of rotatable bonds is 2. The molecule has 0 aliphatic carbocycles. The summed E-state index contributed by atoms with van der Waals surface area (Å²) in [7, 11) is 0. The van der Waals surface area contributed by atoms with Crippen molar-refractivity contribution in [2.24, 2.45) is 0 Å². The van der Waals surface area contributed by atoms with E-state index >= 15 is 0 Å². The zero-order valence-electron chi connectivity index (χ0n) is 6.87. The number of nitrogen functional groups attached to an aromatic ring is 1. The molecule has 0 aliphatic rings. The van der Waals surface area contributed by atoms with Crippen LogP contribution in [-0.4, -0.2) is 11.3 Å². The summed E-state index contributed by atoms with van der Waals surface area (Å²) in [5.74, 6) is 0.255. The average Bonchev–Trinajstić information content (AvgIpc) is 2.04. The summed E-state index contributed by atoms with van der Waals surface area (Å²) >= 11 is 0. The van der Waals surface area contributed by atoms with Crippen LogP contribution in [0.3, 0.4) is 0 Å². The Balaban J connectivity index is 3.18. The van der Waals surface area contributed by atoms with E-state index in [1.165, 1.54) is 0 Å². The molecule has 1 rings (SSSR count). The van der Waals surface area contributed by atoms with Crippen molar-refractivity contribution in [1.29, 1.82) is 0 Å². The van der Waals surface area contributed by atoms with Crippen LogP contribution in [0.25, 0.3) is 5.57 Å². The summed E-state index contributed by atoms with van der Waals surface area (Å²) in [5, 5.41) is 0. The van der Waals surface area contributed by atoms with E-state index in [4.69, 9.17) is 5.73 Å². The van der Waals surface area contributed by atoms with Gasteiger partial charge < -0.3 is 5.73 Å². The van der Waals surface area contributed by atoms with Gasteiger partial charge in [0.05, 0.1) is 11.3 Å². The maximum absolute atomic E-state index is 10.4. The molecule has 0 unspecified atom stereocenters. The molecule has 2 N–H and O–H groups in total. The van der Waals surface area contributed by atoms with Gasteiger partial charge in [-0.1, -0.05) is 6.58 Å². The highest BCUT2D eigenvalue weighted by Crippen LogP contribution is 2.12. The molecular weight excluding hydrogens is 152 g/mol. The second kappa shape index (κ2) is 3.17. The molecule has 0 saturated carbocycles. The summed E-state index contributed by atoms with van der Waals surface area (Å²) in [4.78, 5) is 14.4. The molecule has 3 heteroatoms. The van der Waals surface area contributed by atoms with Crippen LogP contribution in [0.5, 0.6) is 0 Å². The van der Waals surface area contributed by atoms with Gasteiger partial charge in [0.1, 0.15) is 5.82 Å². The fourth-order valence-corrected chi connectivity index (χ4v) is 0.823. The highest BCUT2D eigenvalue weighted by Gasteiger charge is 2.00. The van der Waals surface area contributed by atoms with E-state index in [1.807, 2.05) is 6.92 Å². The van der Waals surface area contributed by atoms with Gasteiger partial charge in [-0.15, -0.1) is 0 Å². The van der Waals surface area contributed by atoms with Crippen molar-refractivity contribution >= 4 is 17.7 Å². The van der Waals surface area contributed by atoms with Crippen molar-refractivity contribution in [2.75, 3.05) is 5.73 Å². The fraction of sp³-hybridized carbons (Fsp3) is 0.111. The van der Waals surface area contributed by atoms with Crippen LogP contribution in [0.2, 0.25) is 0 Å². The minimum absolute atomic E-state index is 0.255. The SMILES string of the molecule is C=C(C)c1ccc(C=O)c(N)n1. The van der Waals surface area contributed by atoms with Crippen LogP contribution < -0.4 is 5.73 Å². The number of aromatic nitrogens is 1. The summed E-state index contributed by atoms with van der Waals surface area (Å²) in [6.07, 6.45) is 0.685. The first-order chi connectivity index (χ1) is 5.65. The van der Waals surface area contributed by atoms with E-state index in [-0.39, 0.29) is 5.82 Å². The molecule has 0 radical (unpaired) electrons. The highest BCUT2D eigenvalue weighted by molar-refractivity contribution is 5.82. The predicted molar refractivity (Wildman–Crippen MR) is 48.7 cm³/mol. The van der Waals surface area contributed by atoms with Crippen molar-refractivity contribution in [1.82, 2.24) is 4.98 Å². The number of hydrogen-bond donors (Lipinski definition) is 1. The predicted octanol–water partition coefficient (Wildman–Crippen LogP) is 1.51. The number of aldehydes is 1. The summed E-state index contributed by atoms with van der Waals surface area (Å²) in [6.45, 7) is 5.55. The Morgan fingerprint density at radius 1 is 1.67 bits per heavy atom. The molecule has 0 spiro atoms. The number of carbonyl (C=O) groups excluding carboxylic acids is 1. The smallest absolute Gasteiger partial charge is 0.153 e. The quantitative estimate of drug-likeness (QED) is 0.670. The second-order valence-corrected chi connectivity index (χ2v) is 2.57. The lowest BCUT2D eigenvalue weighted by Crippen LogP contribution is -1.98. The van der Waals surface area contributed by atoms with E-state index in [9.17, 15) is 4.79 Å². The number of allylic oxidation sites excluding steroid dienone is 1. The van der Waals surface area contributed by atoms with Crippen LogP contribution in [0.1, 0.15) is 23.0 Å². The lowest BCUT2D eigenvalue weighted by Gasteiger charge is -2.01. The van der Waals surface area contributed by atoms with Crippen molar-refractivity contribution in [3.8, 4) is 0 Å². The molecule has 1 heterocycles. The van der Waals surface area contributed by atoms with E-state index in [0.29, 0.717) is 11.8 Å². The largest absolute Gasteiger partial charge is 0.383 e. The molecule has 1 aromatic heterocycles. The van der Waals surface area contributed by atoms with E-state index < -0.39 is 0 Å². The minimum atomic E-state index is 0.255. The van der Waals surface area contributed by atoms with Crippen LogP contribution in [0.15, 0.2) is 18.7 Å². The van der Waals surface area contributed by atoms with E-state index in [1.54, 1.807) is 12.1 Å². The topological polar surface area (TPSA) is 56.0 Å². The molecule has 62 valence electrons. The van der Waals surface area contributed by atoms with E-state index in [2.05, 4.69) is 11.6 Å². The van der Waals surface area contributed by atoms with E-state index in [0.717, 1.165) is 11.3 Å². The number of pyridine rings is 1. The first kappa shape index (κ1) is 8.46. The minimum Gasteiger partial charge on any atom is -0.383 e. The number of carbonyl (C=O) groups is 1. The Labute approximate surface area is 70.9 Å². The van der Waals surface area contributed by atoms with Gasteiger partial charge in [-0.05, 0) is 24.6 Å². The Bertz CT molecular complexity index is 331. The molecule has 12 heavy (non-hydrogen) atoms. The molecule has 0 bridgehead atoms. The van der Waals surface area contributed by atoms with Crippen molar-refractivity contribution in [3.05, 3.63) is 30.0 Å². The van der Waals surface area contributed by atoms with Crippen LogP contribution >= 0.6 is 0 Å². The maximum atomic E-state index is 10.4. The highest BCUT2D eigenvalue weighted by atomic mass is 16.1. The van der Waals surface area contributed by atoms with Gasteiger partial charge in [0, 0.05) is 0 Å². The first-order valence-corrected chi connectivity index (χ1v) is 3.52. The molecule has 0 atom stereocenters. The lowest BCUT2D eigenvalue weighted by atomic mass is 10.2. The van der Waals surface area contributed by atoms with Gasteiger partial charge in [0.25, 0.3) is 0 Å². The van der Waals surface area contributed by atoms with Gasteiger partial charge in [-0.3, -0.25) is 4.79 Å². The average molecular weight is 162 g/mol. The fourth-order valence-electron chi connectivity index (χ4n) is 0.823. The monoisotopic (exact) mass is 162 g/mol. The Kier molecular flexibility index (Phi) is 2.24. The molecule has 3 nitrogen and oxygen atoms in total. The van der Waals surface area contributed by atoms with Gasteiger partial charge in [0.15, 0.2) is 6.29 Å². The van der Waals surface area contributed by atoms with Crippen molar-refractivity contribution in [2.45, 2.75) is 6.92 Å². The molecular formula is C9H10N2O. The Hall–Kier alpha value is -1.64. The lowest BCUT2D eigenvalue weighted by molar-refractivity contribution is 0.112. The van der Waals surface area contributed by atoms with Gasteiger partial charge in [-0.2, -0.15) is 0 Å². The number of anilines is 1. The molecule has 0 fully saturated rings.